The Morgan fingerprint density at radius 2 is 1.88 bits per heavy atom. The van der Waals surface area contributed by atoms with Gasteiger partial charge in [-0.3, -0.25) is 4.79 Å². The molecule has 0 fully saturated rings. The molecule has 0 aromatic heterocycles. The lowest BCUT2D eigenvalue weighted by atomic mass is 10.1. The van der Waals surface area contributed by atoms with E-state index in [9.17, 15) is 9.90 Å². The number of aliphatic hydroxyl groups is 1. The number of carbonyl (C=O) groups is 1. The first-order chi connectivity index (χ1) is 15.5. The summed E-state index contributed by atoms with van der Waals surface area (Å²) in [5, 5.41) is 14.7. The van der Waals surface area contributed by atoms with Crippen LogP contribution in [0.2, 0.25) is 5.02 Å². The van der Waals surface area contributed by atoms with Crippen LogP contribution in [0.15, 0.2) is 76.3 Å². The molecule has 0 heterocycles. The molecule has 166 valence electrons. The van der Waals surface area contributed by atoms with Crippen LogP contribution in [0.1, 0.15) is 29.7 Å². The van der Waals surface area contributed by atoms with Crippen molar-refractivity contribution in [3.63, 3.8) is 0 Å². The molecule has 8 heteroatoms. The summed E-state index contributed by atoms with van der Waals surface area (Å²) in [5.74, 6) is 0.426. The average molecular weight is 518 g/mol. The Balaban J connectivity index is 1.70. The molecule has 0 spiro atoms. The van der Waals surface area contributed by atoms with Gasteiger partial charge >= 0.3 is 0 Å². The molecule has 3 aromatic carbocycles. The molecule has 0 bridgehead atoms. The van der Waals surface area contributed by atoms with Crippen molar-refractivity contribution >= 4 is 39.7 Å². The van der Waals surface area contributed by atoms with Gasteiger partial charge in [-0.1, -0.05) is 60.1 Å². The summed E-state index contributed by atoms with van der Waals surface area (Å²) in [4.78, 5) is 12.1. The summed E-state index contributed by atoms with van der Waals surface area (Å²) in [6.07, 6.45) is 0.153. The molecule has 6 nitrogen and oxygen atoms in total. The second-order valence-corrected chi connectivity index (χ2v) is 7.95. The van der Waals surface area contributed by atoms with Gasteiger partial charge in [-0.2, -0.15) is 5.10 Å². The van der Waals surface area contributed by atoms with Crippen LogP contribution in [0, 0.1) is 0 Å². The molecule has 32 heavy (non-hydrogen) atoms. The van der Waals surface area contributed by atoms with E-state index in [4.69, 9.17) is 21.1 Å². The van der Waals surface area contributed by atoms with Gasteiger partial charge in [-0.05, 0) is 52.2 Å². The van der Waals surface area contributed by atoms with Crippen LogP contribution in [0.5, 0.6) is 11.5 Å². The van der Waals surface area contributed by atoms with Crippen LogP contribution in [0.3, 0.4) is 0 Å². The van der Waals surface area contributed by atoms with Gasteiger partial charge in [0.2, 0.25) is 0 Å². The van der Waals surface area contributed by atoms with Gasteiger partial charge in [0.15, 0.2) is 17.6 Å². The predicted molar refractivity (Wildman–Crippen MR) is 128 cm³/mol. The van der Waals surface area contributed by atoms with Gasteiger partial charge in [-0.15, -0.1) is 0 Å². The van der Waals surface area contributed by atoms with Crippen LogP contribution >= 0.6 is 27.5 Å². The molecule has 0 unspecified atom stereocenters. The second kappa shape index (κ2) is 11.7. The van der Waals surface area contributed by atoms with E-state index in [2.05, 4.69) is 26.5 Å². The number of nitrogens with zero attached hydrogens (tertiary/aromatic N) is 1. The first-order valence-electron chi connectivity index (χ1n) is 9.88. The summed E-state index contributed by atoms with van der Waals surface area (Å²) >= 11 is 9.72. The highest BCUT2D eigenvalue weighted by Crippen LogP contribution is 2.37. The number of hydrogen-bond acceptors (Lipinski definition) is 5. The third-order valence-electron chi connectivity index (χ3n) is 4.41. The number of nitrogens with one attached hydrogen (secondary N) is 1. The summed E-state index contributed by atoms with van der Waals surface area (Å²) < 4.78 is 12.3. The minimum absolute atomic E-state index is 0.277. The molecule has 1 atom stereocenters. The molecule has 0 aliphatic rings. The monoisotopic (exact) mass is 516 g/mol. The van der Waals surface area contributed by atoms with E-state index >= 15 is 0 Å². The first-order valence-corrected chi connectivity index (χ1v) is 11.0. The third-order valence-corrected chi connectivity index (χ3v) is 5.37. The molecule has 0 aliphatic heterocycles. The summed E-state index contributed by atoms with van der Waals surface area (Å²) in [7, 11) is 0. The lowest BCUT2D eigenvalue weighted by molar-refractivity contribution is -0.129. The Bertz CT molecular complexity index is 1090. The maximum Gasteiger partial charge on any atom is 0.273 e. The first kappa shape index (κ1) is 23.8. The zero-order valence-electron chi connectivity index (χ0n) is 17.3. The number of rotatable bonds is 9. The number of benzene rings is 3. The van der Waals surface area contributed by atoms with Gasteiger partial charge in [0.25, 0.3) is 5.91 Å². The Labute approximate surface area is 200 Å². The minimum atomic E-state index is -1.31. The van der Waals surface area contributed by atoms with Crippen LogP contribution < -0.4 is 14.9 Å². The predicted octanol–water partition coefficient (Wildman–Crippen LogP) is 5.26. The van der Waals surface area contributed by atoms with Crippen LogP contribution in [0.4, 0.5) is 0 Å². The minimum Gasteiger partial charge on any atom is -0.490 e. The Morgan fingerprint density at radius 3 is 2.59 bits per heavy atom. The smallest absolute Gasteiger partial charge is 0.273 e. The van der Waals surface area contributed by atoms with Crippen LogP contribution in [-0.4, -0.2) is 23.8 Å². The van der Waals surface area contributed by atoms with Crippen molar-refractivity contribution in [2.45, 2.75) is 19.6 Å². The van der Waals surface area contributed by atoms with E-state index in [0.29, 0.717) is 38.7 Å². The fourth-order valence-corrected chi connectivity index (χ4v) is 3.61. The van der Waals surface area contributed by atoms with Crippen molar-refractivity contribution in [1.82, 2.24) is 5.43 Å². The number of carbonyl (C=O) groups excluding carboxylic acids is 1. The third kappa shape index (κ3) is 6.32. The van der Waals surface area contributed by atoms with E-state index in [-0.39, 0.29) is 6.61 Å². The maximum atomic E-state index is 12.1. The van der Waals surface area contributed by atoms with Gasteiger partial charge < -0.3 is 14.6 Å². The number of halogens is 2. The standard InChI is InChI=1S/C24H22BrClN2O4/c1-2-31-21-13-16(14-27-28-24(30)22(29)17-8-4-3-5-9-17)12-19(25)23(21)32-15-18-10-6-7-11-20(18)26/h3-14,22,29H,2,15H2,1H3,(H,28,30)/b27-14-/t22-/m0/s1. The average Bonchev–Trinajstić information content (AvgIpc) is 2.80. The van der Waals surface area contributed by atoms with E-state index in [1.54, 1.807) is 42.5 Å². The summed E-state index contributed by atoms with van der Waals surface area (Å²) in [6.45, 7) is 2.59. The number of amides is 1. The van der Waals surface area contributed by atoms with Gasteiger partial charge in [0, 0.05) is 10.6 Å². The fraction of sp³-hybridized carbons (Fsp3) is 0.167. The topological polar surface area (TPSA) is 80.2 Å². The van der Waals surface area contributed by atoms with Crippen molar-refractivity contribution in [3.8, 4) is 11.5 Å². The molecular weight excluding hydrogens is 496 g/mol. The lowest BCUT2D eigenvalue weighted by Crippen LogP contribution is -2.25. The van der Waals surface area contributed by atoms with Gasteiger partial charge in [0.05, 0.1) is 17.3 Å². The highest BCUT2D eigenvalue weighted by molar-refractivity contribution is 9.10. The Morgan fingerprint density at radius 1 is 1.16 bits per heavy atom. The number of hydrogen-bond donors (Lipinski definition) is 2. The largest absolute Gasteiger partial charge is 0.490 e. The zero-order chi connectivity index (χ0) is 22.9. The van der Waals surface area contributed by atoms with Crippen molar-refractivity contribution in [2.75, 3.05) is 6.61 Å². The van der Waals surface area contributed by atoms with Crippen molar-refractivity contribution in [3.05, 3.63) is 92.9 Å². The van der Waals surface area contributed by atoms with Crippen LogP contribution in [-0.2, 0) is 11.4 Å². The van der Waals surface area contributed by atoms with Crippen molar-refractivity contribution in [2.24, 2.45) is 5.10 Å². The maximum absolute atomic E-state index is 12.1. The molecule has 0 radical (unpaired) electrons. The molecular formula is C24H22BrClN2O4. The molecule has 1 amide bonds. The Hall–Kier alpha value is -2.87. The number of ether oxygens (including phenoxy) is 2. The lowest BCUT2D eigenvalue weighted by Gasteiger charge is -2.15. The molecule has 3 aromatic rings. The zero-order valence-corrected chi connectivity index (χ0v) is 19.6. The van der Waals surface area contributed by atoms with Crippen molar-refractivity contribution < 1.29 is 19.4 Å². The molecule has 0 saturated heterocycles. The molecule has 3 rings (SSSR count). The van der Waals surface area contributed by atoms with E-state index in [0.717, 1.165) is 5.56 Å². The molecule has 2 N–H and O–H groups in total. The summed E-state index contributed by atoms with van der Waals surface area (Å²) in [5.41, 5.74) is 4.36. The summed E-state index contributed by atoms with van der Waals surface area (Å²) in [6, 6.07) is 19.6. The second-order valence-electron chi connectivity index (χ2n) is 6.69. The quantitative estimate of drug-likeness (QED) is 0.300. The highest BCUT2D eigenvalue weighted by atomic mass is 79.9. The van der Waals surface area contributed by atoms with Crippen molar-refractivity contribution in [1.29, 1.82) is 0 Å². The number of hydrazone groups is 1. The van der Waals surface area contributed by atoms with E-state index in [1.807, 2.05) is 31.2 Å². The van der Waals surface area contributed by atoms with E-state index < -0.39 is 12.0 Å². The van der Waals surface area contributed by atoms with Gasteiger partial charge in [-0.25, -0.2) is 5.43 Å². The Kier molecular flexibility index (Phi) is 8.67. The molecule has 0 saturated carbocycles. The fourth-order valence-electron chi connectivity index (χ4n) is 2.85. The molecule has 0 aliphatic carbocycles. The highest BCUT2D eigenvalue weighted by Gasteiger charge is 2.16. The number of aliphatic hydroxyl groups excluding tert-OH is 1. The SMILES string of the molecule is CCOc1cc(/C=N\NC(=O)[C@@H](O)c2ccccc2)cc(Br)c1OCc1ccccc1Cl. The van der Waals surface area contributed by atoms with Gasteiger partial charge in [0.1, 0.15) is 6.61 Å². The normalized spacial score (nSPS) is 11.9. The van der Waals surface area contributed by atoms with E-state index in [1.165, 1.54) is 6.21 Å². The van der Waals surface area contributed by atoms with Crippen LogP contribution in [0.25, 0.3) is 0 Å².